The second kappa shape index (κ2) is 18.5. The van der Waals surface area contributed by atoms with Crippen LogP contribution in [0.2, 0.25) is 0 Å². The molecule has 12 rings (SSSR count). The van der Waals surface area contributed by atoms with Crippen molar-refractivity contribution < 1.29 is 0 Å². The van der Waals surface area contributed by atoms with E-state index in [4.69, 9.17) is 0 Å². The molecule has 71 heavy (non-hydrogen) atoms. The molecule has 0 atom stereocenters. The van der Waals surface area contributed by atoms with Crippen LogP contribution in [0.15, 0.2) is 279 Å². The first-order chi connectivity index (χ1) is 34.9. The lowest BCUT2D eigenvalue weighted by Gasteiger charge is -2.31. The van der Waals surface area contributed by atoms with Gasteiger partial charge in [-0.1, -0.05) is 220 Å². The molecule has 2 heteroatoms. The van der Waals surface area contributed by atoms with E-state index in [0.717, 1.165) is 39.7 Å². The summed E-state index contributed by atoms with van der Waals surface area (Å²) in [6.07, 6.45) is 0. The lowest BCUT2D eigenvalue weighted by Crippen LogP contribution is -2.15. The van der Waals surface area contributed by atoms with Gasteiger partial charge in [0.15, 0.2) is 0 Å². The van der Waals surface area contributed by atoms with Gasteiger partial charge >= 0.3 is 0 Å². The summed E-state index contributed by atoms with van der Waals surface area (Å²) in [7, 11) is 0. The molecule has 338 valence electrons. The number of hydrogen-bond acceptors (Lipinski definition) is 2. The van der Waals surface area contributed by atoms with Gasteiger partial charge in [0.25, 0.3) is 0 Å². The maximum absolute atomic E-state index is 2.44. The third kappa shape index (κ3) is 8.41. The minimum Gasteiger partial charge on any atom is -0.310 e. The Morgan fingerprint density at radius 2 is 0.507 bits per heavy atom. The summed E-state index contributed by atoms with van der Waals surface area (Å²) in [4.78, 5) is 4.83. The van der Waals surface area contributed by atoms with Gasteiger partial charge in [-0.05, 0) is 151 Å². The van der Waals surface area contributed by atoms with E-state index in [9.17, 15) is 0 Å². The average Bonchev–Trinajstić information content (AvgIpc) is 3.67. The first-order valence-corrected chi connectivity index (χ1v) is 24.6. The van der Waals surface area contributed by atoms with Gasteiger partial charge in [-0.2, -0.15) is 0 Å². The van der Waals surface area contributed by atoms with Crippen molar-refractivity contribution in [2.75, 3.05) is 9.80 Å². The molecule has 0 aromatic heterocycles. The average molecular weight is 909 g/mol. The van der Waals surface area contributed by atoms with Crippen LogP contribution < -0.4 is 9.80 Å². The summed E-state index contributed by atoms with van der Waals surface area (Å²) in [5.74, 6) is 0. The van der Waals surface area contributed by atoms with Crippen LogP contribution in [-0.2, 0) is 5.41 Å². The third-order valence-corrected chi connectivity index (χ3v) is 14.3. The van der Waals surface area contributed by atoms with E-state index in [1.165, 1.54) is 72.3 Å². The number of anilines is 6. The maximum Gasteiger partial charge on any atom is 0.0488 e. The lowest BCUT2D eigenvalue weighted by atomic mass is 9.81. The molecule has 0 fully saturated rings. The molecule has 0 N–H and O–H groups in total. The zero-order valence-corrected chi connectivity index (χ0v) is 40.0. The van der Waals surface area contributed by atoms with Gasteiger partial charge in [0.05, 0.1) is 0 Å². The Hall–Kier alpha value is -8.98. The fourth-order valence-corrected chi connectivity index (χ4v) is 10.5. The molecule has 0 bridgehead atoms. The molecule has 0 spiro atoms. The minimum atomic E-state index is -0.150. The predicted molar refractivity (Wildman–Crippen MR) is 301 cm³/mol. The third-order valence-electron chi connectivity index (χ3n) is 14.3. The monoisotopic (exact) mass is 908 g/mol. The molecule has 1 aliphatic rings. The molecule has 0 radical (unpaired) electrons. The van der Waals surface area contributed by atoms with E-state index in [0.29, 0.717) is 0 Å². The van der Waals surface area contributed by atoms with Crippen LogP contribution in [0.1, 0.15) is 25.0 Å². The highest BCUT2D eigenvalue weighted by molar-refractivity contribution is 5.91. The molecule has 11 aromatic carbocycles. The zero-order valence-electron chi connectivity index (χ0n) is 40.0. The number of benzene rings is 11. The van der Waals surface area contributed by atoms with E-state index in [1.807, 2.05) is 0 Å². The molecular formula is C69H52N2. The van der Waals surface area contributed by atoms with Crippen LogP contribution in [0.5, 0.6) is 0 Å². The van der Waals surface area contributed by atoms with Crippen LogP contribution in [0, 0.1) is 0 Å². The van der Waals surface area contributed by atoms with E-state index >= 15 is 0 Å². The normalized spacial score (nSPS) is 12.2. The van der Waals surface area contributed by atoms with Crippen LogP contribution in [-0.4, -0.2) is 0 Å². The molecule has 0 saturated carbocycles. The Labute approximate surface area is 418 Å². The molecule has 1 aliphatic carbocycles. The predicted octanol–water partition coefficient (Wildman–Crippen LogP) is 19.3. The summed E-state index contributed by atoms with van der Waals surface area (Å²) in [6.45, 7) is 4.73. The molecular weight excluding hydrogens is 857 g/mol. The molecule has 11 aromatic rings. The van der Waals surface area contributed by atoms with E-state index in [2.05, 4.69) is 303 Å². The van der Waals surface area contributed by atoms with Gasteiger partial charge in [0.1, 0.15) is 0 Å². The van der Waals surface area contributed by atoms with Gasteiger partial charge in [0.2, 0.25) is 0 Å². The smallest absolute Gasteiger partial charge is 0.0488 e. The van der Waals surface area contributed by atoms with Crippen molar-refractivity contribution >= 4 is 34.1 Å². The molecule has 0 unspecified atom stereocenters. The Bertz CT molecular complexity index is 3250. The summed E-state index contributed by atoms with van der Waals surface area (Å²) in [6, 6.07) is 102. The molecule has 0 amide bonds. The van der Waals surface area contributed by atoms with Gasteiger partial charge in [0, 0.05) is 39.5 Å². The lowest BCUT2D eigenvalue weighted by molar-refractivity contribution is 0.660. The van der Waals surface area contributed by atoms with Crippen LogP contribution >= 0.6 is 0 Å². The molecule has 0 saturated heterocycles. The highest BCUT2D eigenvalue weighted by atomic mass is 15.2. The summed E-state index contributed by atoms with van der Waals surface area (Å²) in [5, 5.41) is 0. The van der Waals surface area contributed by atoms with Gasteiger partial charge in [-0.15, -0.1) is 0 Å². The van der Waals surface area contributed by atoms with Crippen LogP contribution in [0.25, 0.3) is 66.8 Å². The van der Waals surface area contributed by atoms with Crippen LogP contribution in [0.4, 0.5) is 34.1 Å². The number of fused-ring (bicyclic) bond motifs is 3. The van der Waals surface area contributed by atoms with Crippen molar-refractivity contribution in [2.24, 2.45) is 0 Å². The second-order valence-electron chi connectivity index (χ2n) is 19.0. The Morgan fingerprint density at radius 3 is 0.873 bits per heavy atom. The first kappa shape index (κ1) is 43.3. The minimum absolute atomic E-state index is 0.150. The van der Waals surface area contributed by atoms with Crippen molar-refractivity contribution in [1.82, 2.24) is 0 Å². The Balaban J connectivity index is 1.07. The number of nitrogens with zero attached hydrogens (tertiary/aromatic N) is 2. The van der Waals surface area contributed by atoms with Crippen molar-refractivity contribution in [2.45, 2.75) is 19.3 Å². The van der Waals surface area contributed by atoms with Gasteiger partial charge in [-0.3, -0.25) is 0 Å². The standard InChI is InChI=1S/C69H52N2/c1-69(2)67-26-16-15-25-65(67)66-44-35-57(47-68(66)69)58-45-63(70(59-36-27-53(28-37-59)49-17-7-3-8-18-49)60-38-29-54(30-39-60)50-19-9-4-10-20-50)48-64(46-58)71(61-40-31-55(32-41-61)51-21-11-5-12-22-51)62-42-33-56(34-43-62)52-23-13-6-14-24-52/h3-48H,1-2H3. The van der Waals surface area contributed by atoms with E-state index in [1.54, 1.807) is 0 Å². The molecule has 0 aliphatic heterocycles. The van der Waals surface area contributed by atoms with E-state index < -0.39 is 0 Å². The SMILES string of the molecule is CC1(C)c2ccccc2-c2ccc(-c3cc(N(c4ccc(-c5ccccc5)cc4)c4ccc(-c5ccccc5)cc4)cc(N(c4ccc(-c5ccccc5)cc4)c4ccc(-c5ccccc5)cc4)c3)cc21. The topological polar surface area (TPSA) is 6.48 Å². The van der Waals surface area contributed by atoms with Crippen molar-refractivity contribution in [1.29, 1.82) is 0 Å². The molecule has 2 nitrogen and oxygen atoms in total. The largest absolute Gasteiger partial charge is 0.310 e. The Kier molecular flexibility index (Phi) is 11.3. The highest BCUT2D eigenvalue weighted by Crippen LogP contribution is 2.51. The summed E-state index contributed by atoms with van der Waals surface area (Å²) in [5.41, 5.74) is 23.3. The number of hydrogen-bond donors (Lipinski definition) is 0. The Morgan fingerprint density at radius 1 is 0.211 bits per heavy atom. The van der Waals surface area contributed by atoms with E-state index in [-0.39, 0.29) is 5.41 Å². The highest BCUT2D eigenvalue weighted by Gasteiger charge is 2.35. The zero-order chi connectivity index (χ0) is 47.7. The van der Waals surface area contributed by atoms with Crippen LogP contribution in [0.3, 0.4) is 0 Å². The number of rotatable bonds is 11. The van der Waals surface area contributed by atoms with Gasteiger partial charge in [-0.25, -0.2) is 0 Å². The fraction of sp³-hybridized carbons (Fsp3) is 0.0435. The molecule has 0 heterocycles. The summed E-state index contributed by atoms with van der Waals surface area (Å²) >= 11 is 0. The van der Waals surface area contributed by atoms with Crippen molar-refractivity contribution in [3.8, 4) is 66.8 Å². The summed E-state index contributed by atoms with van der Waals surface area (Å²) < 4.78 is 0. The fourth-order valence-electron chi connectivity index (χ4n) is 10.5. The second-order valence-corrected chi connectivity index (χ2v) is 19.0. The van der Waals surface area contributed by atoms with Crippen molar-refractivity contribution in [3.63, 3.8) is 0 Å². The van der Waals surface area contributed by atoms with Crippen molar-refractivity contribution in [3.05, 3.63) is 290 Å². The quantitative estimate of drug-likeness (QED) is 0.128. The van der Waals surface area contributed by atoms with Gasteiger partial charge < -0.3 is 9.80 Å². The first-order valence-electron chi connectivity index (χ1n) is 24.6. The maximum atomic E-state index is 2.44.